The molecule has 5 aliphatic carbocycles. The molecule has 5 aliphatic rings. The van der Waals surface area contributed by atoms with Gasteiger partial charge in [0.1, 0.15) is 0 Å². The van der Waals surface area contributed by atoms with E-state index in [0.29, 0.717) is 11.8 Å². The van der Waals surface area contributed by atoms with E-state index < -0.39 is 22.9 Å². The second-order valence-electron chi connectivity index (χ2n) is 14.9. The average Bonchev–Trinajstić information content (AvgIpc) is 2.76. The highest BCUT2D eigenvalue weighted by Gasteiger charge is 2.69. The SMILES string of the molecule is CC1(C)CC[C@]2(C(=O)O)CC[C@]3(C)C(=CC[C@@H]4[C@@]5(C)CC[C@@H](O)[C@](C)(CO)[C@@H]5CC[C@]43C)[C@@H]2C1. The summed E-state index contributed by atoms with van der Waals surface area (Å²) in [4.78, 5) is 12.8. The molecule has 5 rings (SSSR count). The maximum atomic E-state index is 12.8. The van der Waals surface area contributed by atoms with Crippen molar-refractivity contribution in [3.63, 3.8) is 0 Å². The van der Waals surface area contributed by atoms with Crippen LogP contribution in [0.1, 0.15) is 106 Å². The Labute approximate surface area is 206 Å². The van der Waals surface area contributed by atoms with Gasteiger partial charge in [-0.3, -0.25) is 4.79 Å². The van der Waals surface area contributed by atoms with Crippen molar-refractivity contribution >= 4 is 5.97 Å². The second kappa shape index (κ2) is 7.34. The third-order valence-corrected chi connectivity index (χ3v) is 13.2. The number of aliphatic hydroxyl groups excluding tert-OH is 2. The number of carboxylic acids is 1. The summed E-state index contributed by atoms with van der Waals surface area (Å²) in [6.07, 6.45) is 11.6. The number of allylic oxidation sites excluding steroid dienone is 2. The van der Waals surface area contributed by atoms with E-state index in [4.69, 9.17) is 0 Å². The number of hydrogen-bond acceptors (Lipinski definition) is 3. The number of aliphatic hydroxyl groups is 2. The lowest BCUT2D eigenvalue weighted by Gasteiger charge is -2.71. The van der Waals surface area contributed by atoms with Crippen LogP contribution in [0.4, 0.5) is 0 Å². The van der Waals surface area contributed by atoms with Crippen molar-refractivity contribution in [2.45, 2.75) is 112 Å². The topological polar surface area (TPSA) is 77.8 Å². The monoisotopic (exact) mass is 472 g/mol. The number of carboxylic acid groups (broad SMARTS) is 1. The molecule has 0 heterocycles. The number of rotatable bonds is 2. The molecule has 0 radical (unpaired) electrons. The van der Waals surface area contributed by atoms with Crippen molar-refractivity contribution in [2.75, 3.05) is 6.61 Å². The van der Waals surface area contributed by atoms with Crippen LogP contribution in [0, 0.1) is 50.2 Å². The molecular formula is C30H48O4. The lowest BCUT2D eigenvalue weighted by Crippen LogP contribution is -2.65. The largest absolute Gasteiger partial charge is 0.481 e. The summed E-state index contributed by atoms with van der Waals surface area (Å²) in [5.74, 6) is 0.395. The lowest BCUT2D eigenvalue weighted by molar-refractivity contribution is -0.216. The minimum Gasteiger partial charge on any atom is -0.481 e. The predicted molar refractivity (Wildman–Crippen MR) is 134 cm³/mol. The molecule has 192 valence electrons. The first kappa shape index (κ1) is 24.8. The molecule has 4 saturated carbocycles. The summed E-state index contributed by atoms with van der Waals surface area (Å²) in [6.45, 7) is 14.3. The molecule has 3 N–H and O–H groups in total. The van der Waals surface area contributed by atoms with Gasteiger partial charge in [0, 0.05) is 5.41 Å². The fourth-order valence-electron chi connectivity index (χ4n) is 10.7. The fourth-order valence-corrected chi connectivity index (χ4v) is 10.7. The summed E-state index contributed by atoms with van der Waals surface area (Å²) in [5.41, 5.74) is 0.858. The van der Waals surface area contributed by atoms with Crippen molar-refractivity contribution in [3.8, 4) is 0 Å². The highest BCUT2D eigenvalue weighted by molar-refractivity contribution is 5.76. The lowest BCUT2D eigenvalue weighted by atomic mass is 9.33. The minimum atomic E-state index is -0.588. The van der Waals surface area contributed by atoms with Gasteiger partial charge in [0.25, 0.3) is 0 Å². The van der Waals surface area contributed by atoms with Gasteiger partial charge in [0.05, 0.1) is 18.1 Å². The van der Waals surface area contributed by atoms with Crippen molar-refractivity contribution < 1.29 is 20.1 Å². The van der Waals surface area contributed by atoms with Gasteiger partial charge in [-0.2, -0.15) is 0 Å². The van der Waals surface area contributed by atoms with Gasteiger partial charge in [-0.15, -0.1) is 0 Å². The quantitative estimate of drug-likeness (QED) is 0.418. The third kappa shape index (κ3) is 2.88. The Morgan fingerprint density at radius 3 is 2.26 bits per heavy atom. The number of carbonyl (C=O) groups is 1. The zero-order valence-electron chi connectivity index (χ0n) is 22.4. The van der Waals surface area contributed by atoms with E-state index in [-0.39, 0.29) is 34.2 Å². The van der Waals surface area contributed by atoms with Crippen molar-refractivity contribution in [3.05, 3.63) is 11.6 Å². The van der Waals surface area contributed by atoms with E-state index in [9.17, 15) is 20.1 Å². The molecule has 0 aromatic carbocycles. The van der Waals surface area contributed by atoms with Crippen LogP contribution in [0.2, 0.25) is 0 Å². The maximum Gasteiger partial charge on any atom is 0.310 e. The van der Waals surface area contributed by atoms with Crippen LogP contribution < -0.4 is 0 Å². The Morgan fingerprint density at radius 1 is 0.941 bits per heavy atom. The Bertz CT molecular complexity index is 907. The fraction of sp³-hybridized carbons (Fsp3) is 0.900. The molecule has 0 aromatic rings. The van der Waals surface area contributed by atoms with E-state index in [1.807, 2.05) is 0 Å². The number of aliphatic carboxylic acids is 1. The maximum absolute atomic E-state index is 12.8. The summed E-state index contributed by atoms with van der Waals surface area (Å²) < 4.78 is 0. The molecule has 0 unspecified atom stereocenters. The van der Waals surface area contributed by atoms with Crippen molar-refractivity contribution in [1.82, 2.24) is 0 Å². The first-order valence-electron chi connectivity index (χ1n) is 13.9. The predicted octanol–water partition coefficient (Wildman–Crippen LogP) is 6.21. The van der Waals surface area contributed by atoms with Gasteiger partial charge in [0.2, 0.25) is 0 Å². The number of hydrogen-bond donors (Lipinski definition) is 3. The normalized spacial score (nSPS) is 54.1. The van der Waals surface area contributed by atoms with E-state index in [2.05, 4.69) is 47.6 Å². The molecule has 0 bridgehead atoms. The van der Waals surface area contributed by atoms with Gasteiger partial charge in [0.15, 0.2) is 0 Å². The van der Waals surface area contributed by atoms with Crippen molar-refractivity contribution in [2.24, 2.45) is 50.2 Å². The minimum absolute atomic E-state index is 0.0204. The zero-order chi connectivity index (χ0) is 24.9. The van der Waals surface area contributed by atoms with Crippen molar-refractivity contribution in [1.29, 1.82) is 0 Å². The second-order valence-corrected chi connectivity index (χ2v) is 14.9. The smallest absolute Gasteiger partial charge is 0.310 e. The molecule has 34 heavy (non-hydrogen) atoms. The summed E-state index contributed by atoms with van der Waals surface area (Å²) in [7, 11) is 0. The average molecular weight is 473 g/mol. The van der Waals surface area contributed by atoms with Gasteiger partial charge in [-0.25, -0.2) is 0 Å². The van der Waals surface area contributed by atoms with Gasteiger partial charge in [-0.1, -0.05) is 53.2 Å². The summed E-state index contributed by atoms with van der Waals surface area (Å²) in [5, 5.41) is 31.8. The van der Waals surface area contributed by atoms with E-state index in [1.54, 1.807) is 0 Å². The van der Waals surface area contributed by atoms with Crippen LogP contribution in [-0.4, -0.2) is 34.0 Å². The van der Waals surface area contributed by atoms with Crippen LogP contribution in [0.25, 0.3) is 0 Å². The van der Waals surface area contributed by atoms with Crippen LogP contribution in [-0.2, 0) is 4.79 Å². The molecule has 0 aromatic heterocycles. The van der Waals surface area contributed by atoms with Crippen LogP contribution >= 0.6 is 0 Å². The molecule has 4 nitrogen and oxygen atoms in total. The number of fused-ring (bicyclic) bond motifs is 7. The first-order chi connectivity index (χ1) is 15.7. The highest BCUT2D eigenvalue weighted by Crippen LogP contribution is 2.75. The Hall–Kier alpha value is -0.870. The van der Waals surface area contributed by atoms with E-state index >= 15 is 0 Å². The standard InChI is InChI=1S/C30H48O4/c1-25(2)13-15-30(24(33)34)16-14-28(5)19(20(30)17-25)7-8-22-26(3)11-10-23(32)27(4,18-31)21(26)9-12-29(22,28)6/h7,20-23,31-32H,8-18H2,1-6H3,(H,33,34)/t20-,21+,22+,23+,26-,27+,28+,29+,30-/m0/s1. The molecule has 0 spiro atoms. The molecule has 0 amide bonds. The summed E-state index contributed by atoms with van der Waals surface area (Å²) >= 11 is 0. The molecule has 9 atom stereocenters. The third-order valence-electron chi connectivity index (χ3n) is 13.2. The first-order valence-corrected chi connectivity index (χ1v) is 13.9. The molecule has 0 saturated heterocycles. The zero-order valence-corrected chi connectivity index (χ0v) is 22.4. The van der Waals surface area contributed by atoms with E-state index in [0.717, 1.165) is 64.2 Å². The molecular weight excluding hydrogens is 424 g/mol. The van der Waals surface area contributed by atoms with Gasteiger partial charge < -0.3 is 15.3 Å². The Morgan fingerprint density at radius 2 is 1.62 bits per heavy atom. The van der Waals surface area contributed by atoms with Gasteiger partial charge in [-0.05, 0) is 104 Å². The van der Waals surface area contributed by atoms with Crippen LogP contribution in [0.3, 0.4) is 0 Å². The molecule has 0 aliphatic heterocycles. The molecule has 4 fully saturated rings. The van der Waals surface area contributed by atoms with Crippen LogP contribution in [0.15, 0.2) is 11.6 Å². The Kier molecular flexibility index (Phi) is 5.36. The highest BCUT2D eigenvalue weighted by atomic mass is 16.4. The van der Waals surface area contributed by atoms with Crippen LogP contribution in [0.5, 0.6) is 0 Å². The Balaban J connectivity index is 1.60. The molecule has 4 heteroatoms. The summed E-state index contributed by atoms with van der Waals surface area (Å²) in [6, 6.07) is 0. The van der Waals surface area contributed by atoms with Gasteiger partial charge >= 0.3 is 5.97 Å². The van der Waals surface area contributed by atoms with E-state index in [1.165, 1.54) is 5.57 Å².